The van der Waals surface area contributed by atoms with Crippen LogP contribution in [0.5, 0.6) is 0 Å². The largest absolute Gasteiger partial charge is 0.329 e. The maximum Gasteiger partial charge on any atom is 0.0445 e. The lowest BCUT2D eigenvalue weighted by Gasteiger charge is -2.34. The van der Waals surface area contributed by atoms with Gasteiger partial charge in [0.1, 0.15) is 0 Å². The van der Waals surface area contributed by atoms with Crippen LogP contribution in [0.25, 0.3) is 0 Å². The fourth-order valence-electron chi connectivity index (χ4n) is 3.61. The van der Waals surface area contributed by atoms with Gasteiger partial charge in [0, 0.05) is 31.2 Å². The first-order valence-electron chi connectivity index (χ1n) is 8.16. The summed E-state index contributed by atoms with van der Waals surface area (Å²) in [6.07, 6.45) is 4.03. The van der Waals surface area contributed by atoms with Crippen molar-refractivity contribution < 1.29 is 0 Å². The zero-order valence-corrected chi connectivity index (χ0v) is 13.3. The topological polar surface area (TPSA) is 41.3 Å². The number of nitrogens with zero attached hydrogens (tertiary/aromatic N) is 1. The number of nitrogens with one attached hydrogen (secondary N) is 1. The molecule has 2 rings (SSSR count). The van der Waals surface area contributed by atoms with Gasteiger partial charge in [0.05, 0.1) is 0 Å². The molecule has 1 unspecified atom stereocenters. The van der Waals surface area contributed by atoms with E-state index in [9.17, 15) is 0 Å². The van der Waals surface area contributed by atoms with Gasteiger partial charge in [0.2, 0.25) is 0 Å². The molecule has 2 fully saturated rings. The van der Waals surface area contributed by atoms with E-state index in [1.54, 1.807) is 0 Å². The third kappa shape index (κ3) is 3.71. The fourth-order valence-corrected chi connectivity index (χ4v) is 3.61. The molecule has 0 spiro atoms. The minimum Gasteiger partial charge on any atom is -0.329 e. The maximum atomic E-state index is 6.10. The molecule has 1 saturated heterocycles. The predicted molar refractivity (Wildman–Crippen MR) is 82.2 cm³/mol. The van der Waals surface area contributed by atoms with Crippen molar-refractivity contribution in [3.63, 3.8) is 0 Å². The van der Waals surface area contributed by atoms with E-state index < -0.39 is 0 Å². The summed E-state index contributed by atoms with van der Waals surface area (Å²) in [5, 5.41) is 3.85. The third-order valence-corrected chi connectivity index (χ3v) is 5.26. The molecule has 1 atom stereocenters. The molecule has 19 heavy (non-hydrogen) atoms. The molecule has 3 nitrogen and oxygen atoms in total. The summed E-state index contributed by atoms with van der Waals surface area (Å²) >= 11 is 0. The first kappa shape index (κ1) is 15.3. The van der Waals surface area contributed by atoms with Gasteiger partial charge >= 0.3 is 0 Å². The van der Waals surface area contributed by atoms with Gasteiger partial charge in [-0.15, -0.1) is 0 Å². The van der Waals surface area contributed by atoms with Crippen molar-refractivity contribution in [3.8, 4) is 0 Å². The number of nitrogens with two attached hydrogens (primary N) is 1. The molecule has 0 aromatic rings. The molecule has 0 aromatic carbocycles. The second-order valence-electron chi connectivity index (χ2n) is 7.47. The second kappa shape index (κ2) is 6.11. The highest BCUT2D eigenvalue weighted by atomic mass is 15.3. The Hall–Kier alpha value is -0.120. The third-order valence-electron chi connectivity index (χ3n) is 5.26. The molecule has 1 aliphatic carbocycles. The van der Waals surface area contributed by atoms with Crippen LogP contribution in [0.3, 0.4) is 0 Å². The number of hydrogen-bond acceptors (Lipinski definition) is 3. The molecule has 3 heteroatoms. The SMILES string of the molecule is CC(C)C(CNC1(CN)CCN(C2CC2)C1)C(C)C. The average Bonchev–Trinajstić information content (AvgIpc) is 3.11. The summed E-state index contributed by atoms with van der Waals surface area (Å²) in [4.78, 5) is 2.65. The van der Waals surface area contributed by atoms with Gasteiger partial charge in [0.25, 0.3) is 0 Å². The van der Waals surface area contributed by atoms with Gasteiger partial charge in [-0.05, 0) is 43.6 Å². The van der Waals surface area contributed by atoms with Crippen molar-refractivity contribution in [1.29, 1.82) is 0 Å². The van der Waals surface area contributed by atoms with Crippen molar-refractivity contribution in [3.05, 3.63) is 0 Å². The van der Waals surface area contributed by atoms with Crippen molar-refractivity contribution in [2.45, 2.75) is 58.5 Å². The normalized spacial score (nSPS) is 29.1. The van der Waals surface area contributed by atoms with Crippen LogP contribution < -0.4 is 11.1 Å². The quantitative estimate of drug-likeness (QED) is 0.742. The zero-order chi connectivity index (χ0) is 14.0. The fraction of sp³-hybridized carbons (Fsp3) is 1.00. The number of rotatable bonds is 7. The molecule has 3 N–H and O–H groups in total. The van der Waals surface area contributed by atoms with Crippen LogP contribution in [-0.4, -0.2) is 42.7 Å². The van der Waals surface area contributed by atoms with E-state index in [1.807, 2.05) is 0 Å². The summed E-state index contributed by atoms with van der Waals surface area (Å²) in [5.41, 5.74) is 6.29. The Morgan fingerprint density at radius 3 is 2.32 bits per heavy atom. The van der Waals surface area contributed by atoms with Crippen LogP contribution in [0.1, 0.15) is 47.0 Å². The molecular weight excluding hydrogens is 234 g/mol. The molecule has 1 heterocycles. The Morgan fingerprint density at radius 2 is 1.84 bits per heavy atom. The average molecular weight is 267 g/mol. The second-order valence-corrected chi connectivity index (χ2v) is 7.47. The van der Waals surface area contributed by atoms with E-state index in [2.05, 4.69) is 37.9 Å². The molecule has 0 bridgehead atoms. The molecule has 0 radical (unpaired) electrons. The lowest BCUT2D eigenvalue weighted by atomic mass is 9.84. The monoisotopic (exact) mass is 267 g/mol. The predicted octanol–water partition coefficient (Wildman–Crippen LogP) is 2.07. The number of hydrogen-bond donors (Lipinski definition) is 2. The van der Waals surface area contributed by atoms with Crippen LogP contribution in [-0.2, 0) is 0 Å². The van der Waals surface area contributed by atoms with Gasteiger partial charge < -0.3 is 11.1 Å². The van der Waals surface area contributed by atoms with Crippen molar-refractivity contribution in [2.75, 3.05) is 26.2 Å². The molecule has 1 aliphatic heterocycles. The van der Waals surface area contributed by atoms with Gasteiger partial charge in [0.15, 0.2) is 0 Å². The van der Waals surface area contributed by atoms with E-state index in [0.29, 0.717) is 0 Å². The first-order chi connectivity index (χ1) is 8.97. The van der Waals surface area contributed by atoms with Crippen LogP contribution in [0, 0.1) is 17.8 Å². The lowest BCUT2D eigenvalue weighted by molar-refractivity contribution is 0.223. The Kier molecular flexibility index (Phi) is 4.91. The van der Waals surface area contributed by atoms with E-state index in [0.717, 1.165) is 43.4 Å². The van der Waals surface area contributed by atoms with Crippen LogP contribution >= 0.6 is 0 Å². The molecule has 0 amide bonds. The Balaban J connectivity index is 1.88. The van der Waals surface area contributed by atoms with Crippen LogP contribution in [0.2, 0.25) is 0 Å². The smallest absolute Gasteiger partial charge is 0.0445 e. The van der Waals surface area contributed by atoms with E-state index in [-0.39, 0.29) is 5.54 Å². The standard InChI is InChI=1S/C16H33N3/c1-12(2)15(13(3)4)9-18-16(10-17)7-8-19(11-16)14-5-6-14/h12-15,18H,5-11,17H2,1-4H3. The summed E-state index contributed by atoms with van der Waals surface area (Å²) < 4.78 is 0. The summed E-state index contributed by atoms with van der Waals surface area (Å²) in [5.74, 6) is 2.23. The Bertz CT molecular complexity index is 278. The maximum absolute atomic E-state index is 6.10. The summed E-state index contributed by atoms with van der Waals surface area (Å²) in [6.45, 7) is 13.7. The highest BCUT2D eigenvalue weighted by Gasteiger charge is 2.42. The molecule has 1 saturated carbocycles. The van der Waals surface area contributed by atoms with Gasteiger partial charge in [-0.25, -0.2) is 0 Å². The molecule has 2 aliphatic rings. The Morgan fingerprint density at radius 1 is 1.21 bits per heavy atom. The van der Waals surface area contributed by atoms with E-state index in [1.165, 1.54) is 25.8 Å². The first-order valence-corrected chi connectivity index (χ1v) is 8.16. The molecular formula is C16H33N3. The van der Waals surface area contributed by atoms with Crippen molar-refractivity contribution in [1.82, 2.24) is 10.2 Å². The summed E-state index contributed by atoms with van der Waals surface area (Å²) in [6, 6.07) is 0.876. The summed E-state index contributed by atoms with van der Waals surface area (Å²) in [7, 11) is 0. The van der Waals surface area contributed by atoms with Crippen molar-refractivity contribution in [2.24, 2.45) is 23.5 Å². The van der Waals surface area contributed by atoms with Gasteiger partial charge in [-0.1, -0.05) is 27.7 Å². The van der Waals surface area contributed by atoms with Gasteiger partial charge in [-0.3, -0.25) is 4.90 Å². The highest BCUT2D eigenvalue weighted by molar-refractivity contribution is 5.02. The van der Waals surface area contributed by atoms with Crippen LogP contribution in [0.15, 0.2) is 0 Å². The Labute approximate surface area is 119 Å². The number of likely N-dealkylation sites (tertiary alicyclic amines) is 1. The van der Waals surface area contributed by atoms with Gasteiger partial charge in [-0.2, -0.15) is 0 Å². The molecule has 112 valence electrons. The lowest BCUT2D eigenvalue weighted by Crippen LogP contribution is -2.55. The minimum atomic E-state index is 0.185. The van der Waals surface area contributed by atoms with Crippen LogP contribution in [0.4, 0.5) is 0 Å². The van der Waals surface area contributed by atoms with E-state index >= 15 is 0 Å². The van der Waals surface area contributed by atoms with Crippen molar-refractivity contribution >= 4 is 0 Å². The van der Waals surface area contributed by atoms with E-state index in [4.69, 9.17) is 5.73 Å². The zero-order valence-electron chi connectivity index (χ0n) is 13.3. The minimum absolute atomic E-state index is 0.185. The highest BCUT2D eigenvalue weighted by Crippen LogP contribution is 2.33. The molecule has 0 aromatic heterocycles.